The van der Waals surface area contributed by atoms with E-state index in [0.717, 1.165) is 11.3 Å². The van der Waals surface area contributed by atoms with Crippen LogP contribution in [0.1, 0.15) is 43.6 Å². The largest absolute Gasteiger partial charge is 0.345 e. The smallest absolute Gasteiger partial charge is 0.137 e. The van der Waals surface area contributed by atoms with Crippen LogP contribution in [0.5, 0.6) is 0 Å². The molecule has 3 nitrogen and oxygen atoms in total. The van der Waals surface area contributed by atoms with Crippen LogP contribution in [0.2, 0.25) is 0 Å². The number of nitrogens with zero attached hydrogens (tertiary/aromatic N) is 2. The Morgan fingerprint density at radius 1 is 1.15 bits per heavy atom. The lowest BCUT2D eigenvalue weighted by Crippen LogP contribution is -2.04. The summed E-state index contributed by atoms with van der Waals surface area (Å²) in [6, 6.07) is 2.32. The topological polar surface area (TPSA) is 41.6 Å². The molecule has 3 aromatic rings. The Balaban J connectivity index is 1.79. The van der Waals surface area contributed by atoms with E-state index in [1.54, 1.807) is 11.3 Å². The van der Waals surface area contributed by atoms with E-state index in [0.29, 0.717) is 5.92 Å². The second-order valence-corrected chi connectivity index (χ2v) is 6.29. The maximum absolute atomic E-state index is 4.61. The van der Waals surface area contributed by atoms with E-state index in [1.807, 2.05) is 11.7 Å². The molecule has 0 unspecified atom stereocenters. The molecular formula is C16H17N3S. The molecule has 0 amide bonds. The number of hydrogen-bond donors (Lipinski definition) is 1. The molecule has 3 heterocycles. The fourth-order valence-corrected chi connectivity index (χ4v) is 3.79. The van der Waals surface area contributed by atoms with Crippen molar-refractivity contribution in [1.29, 1.82) is 0 Å². The summed E-state index contributed by atoms with van der Waals surface area (Å²) in [6.45, 7) is 0. The standard InChI is InChI=1S/C16H17N3S/c1-2-4-11(5-3-1)12-6-13-14(15-9-20-10-19-15)8-18-16(13)17-7-12/h6-11H,1-5H2,(H,17,18). The molecule has 1 saturated carbocycles. The molecule has 1 aliphatic rings. The van der Waals surface area contributed by atoms with E-state index in [2.05, 4.69) is 32.6 Å². The van der Waals surface area contributed by atoms with Gasteiger partial charge in [-0.2, -0.15) is 0 Å². The highest BCUT2D eigenvalue weighted by Crippen LogP contribution is 2.35. The summed E-state index contributed by atoms with van der Waals surface area (Å²) in [7, 11) is 0. The fourth-order valence-electron chi connectivity index (χ4n) is 3.24. The maximum atomic E-state index is 4.61. The van der Waals surface area contributed by atoms with E-state index in [-0.39, 0.29) is 0 Å². The van der Waals surface area contributed by atoms with Gasteiger partial charge in [0.25, 0.3) is 0 Å². The zero-order valence-electron chi connectivity index (χ0n) is 11.3. The number of rotatable bonds is 2. The van der Waals surface area contributed by atoms with Crippen molar-refractivity contribution in [2.75, 3.05) is 0 Å². The molecule has 102 valence electrons. The van der Waals surface area contributed by atoms with Gasteiger partial charge in [-0.1, -0.05) is 19.3 Å². The quantitative estimate of drug-likeness (QED) is 0.738. The Morgan fingerprint density at radius 3 is 2.85 bits per heavy atom. The molecule has 0 bridgehead atoms. The minimum Gasteiger partial charge on any atom is -0.345 e. The molecule has 20 heavy (non-hydrogen) atoms. The van der Waals surface area contributed by atoms with E-state index in [9.17, 15) is 0 Å². The third-order valence-electron chi connectivity index (χ3n) is 4.34. The molecule has 3 aromatic heterocycles. The van der Waals surface area contributed by atoms with Crippen molar-refractivity contribution >= 4 is 22.4 Å². The van der Waals surface area contributed by atoms with Crippen LogP contribution < -0.4 is 0 Å². The van der Waals surface area contributed by atoms with Crippen LogP contribution in [-0.2, 0) is 0 Å². The lowest BCUT2D eigenvalue weighted by Gasteiger charge is -2.21. The molecule has 0 atom stereocenters. The number of thiazole rings is 1. The number of fused-ring (bicyclic) bond motifs is 1. The SMILES string of the molecule is c1nc(-c2c[nH]c3ncc(C4CCCCC4)cc23)cs1. The third kappa shape index (κ3) is 2.04. The van der Waals surface area contributed by atoms with Gasteiger partial charge in [-0.25, -0.2) is 9.97 Å². The minimum absolute atomic E-state index is 0.693. The van der Waals surface area contributed by atoms with Gasteiger partial charge >= 0.3 is 0 Å². The molecule has 1 N–H and O–H groups in total. The lowest BCUT2D eigenvalue weighted by atomic mass is 9.84. The zero-order valence-corrected chi connectivity index (χ0v) is 12.1. The number of pyridine rings is 1. The first-order valence-corrected chi connectivity index (χ1v) is 8.22. The van der Waals surface area contributed by atoms with E-state index in [4.69, 9.17) is 0 Å². The molecule has 0 saturated heterocycles. The van der Waals surface area contributed by atoms with Crippen molar-refractivity contribution in [3.63, 3.8) is 0 Å². The summed E-state index contributed by atoms with van der Waals surface area (Å²) in [5.74, 6) is 0.693. The predicted molar refractivity (Wildman–Crippen MR) is 83.0 cm³/mol. The first-order valence-electron chi connectivity index (χ1n) is 7.27. The van der Waals surface area contributed by atoms with Crippen molar-refractivity contribution in [3.05, 3.63) is 34.9 Å². The first kappa shape index (κ1) is 12.1. The van der Waals surface area contributed by atoms with Crippen LogP contribution in [0.25, 0.3) is 22.3 Å². The van der Waals surface area contributed by atoms with Crippen molar-refractivity contribution in [1.82, 2.24) is 15.0 Å². The number of H-pyrrole nitrogens is 1. The predicted octanol–water partition coefficient (Wildman–Crippen LogP) is 4.73. The zero-order chi connectivity index (χ0) is 13.4. The van der Waals surface area contributed by atoms with Crippen LogP contribution in [-0.4, -0.2) is 15.0 Å². The number of nitrogens with one attached hydrogen (secondary N) is 1. The van der Waals surface area contributed by atoms with Crippen LogP contribution in [0.3, 0.4) is 0 Å². The van der Waals surface area contributed by atoms with E-state index >= 15 is 0 Å². The summed E-state index contributed by atoms with van der Waals surface area (Å²) in [5.41, 5.74) is 6.46. The number of aromatic nitrogens is 3. The average molecular weight is 283 g/mol. The van der Waals surface area contributed by atoms with E-state index < -0.39 is 0 Å². The Labute approximate surface area is 122 Å². The Hall–Kier alpha value is -1.68. The molecule has 0 aromatic carbocycles. The number of aromatic amines is 1. The van der Waals surface area contributed by atoms with Gasteiger partial charge in [-0.15, -0.1) is 11.3 Å². The highest BCUT2D eigenvalue weighted by molar-refractivity contribution is 7.07. The van der Waals surface area contributed by atoms with Crippen LogP contribution >= 0.6 is 11.3 Å². The average Bonchev–Trinajstić information content (AvgIpc) is 3.16. The summed E-state index contributed by atoms with van der Waals surface area (Å²) in [4.78, 5) is 12.3. The first-order chi connectivity index (χ1) is 9.92. The van der Waals surface area contributed by atoms with Gasteiger partial charge < -0.3 is 4.98 Å². The Bertz CT molecular complexity index is 708. The van der Waals surface area contributed by atoms with Crippen LogP contribution in [0.15, 0.2) is 29.4 Å². The van der Waals surface area contributed by atoms with Gasteiger partial charge in [0.05, 0.1) is 11.2 Å². The Kier molecular flexibility index (Phi) is 3.03. The number of hydrogen-bond acceptors (Lipinski definition) is 3. The summed E-state index contributed by atoms with van der Waals surface area (Å²) < 4.78 is 0. The highest BCUT2D eigenvalue weighted by Gasteiger charge is 2.17. The molecule has 1 fully saturated rings. The molecule has 0 aliphatic heterocycles. The molecular weight excluding hydrogens is 266 g/mol. The summed E-state index contributed by atoms with van der Waals surface area (Å²) in [5, 5.41) is 3.30. The van der Waals surface area contributed by atoms with Gasteiger partial charge in [-0.05, 0) is 30.4 Å². The van der Waals surface area contributed by atoms with Crippen molar-refractivity contribution < 1.29 is 0 Å². The molecule has 0 spiro atoms. The third-order valence-corrected chi connectivity index (χ3v) is 4.92. The van der Waals surface area contributed by atoms with Crippen molar-refractivity contribution in [2.24, 2.45) is 0 Å². The normalized spacial score (nSPS) is 16.8. The second kappa shape index (κ2) is 5.02. The molecule has 0 radical (unpaired) electrons. The van der Waals surface area contributed by atoms with Gasteiger partial charge in [0.15, 0.2) is 0 Å². The fraction of sp³-hybridized carbons (Fsp3) is 0.375. The van der Waals surface area contributed by atoms with E-state index in [1.165, 1.54) is 48.6 Å². The van der Waals surface area contributed by atoms with Crippen molar-refractivity contribution in [2.45, 2.75) is 38.0 Å². The monoisotopic (exact) mass is 283 g/mol. The lowest BCUT2D eigenvalue weighted by molar-refractivity contribution is 0.443. The van der Waals surface area contributed by atoms with Gasteiger partial charge in [0.2, 0.25) is 0 Å². The van der Waals surface area contributed by atoms with Crippen molar-refractivity contribution in [3.8, 4) is 11.3 Å². The maximum Gasteiger partial charge on any atom is 0.137 e. The van der Waals surface area contributed by atoms with Gasteiger partial charge in [0, 0.05) is 28.7 Å². The second-order valence-electron chi connectivity index (χ2n) is 5.58. The van der Waals surface area contributed by atoms with Gasteiger partial charge in [-0.3, -0.25) is 0 Å². The Morgan fingerprint density at radius 2 is 2.05 bits per heavy atom. The highest BCUT2D eigenvalue weighted by atomic mass is 32.1. The van der Waals surface area contributed by atoms with Gasteiger partial charge in [0.1, 0.15) is 5.65 Å². The molecule has 1 aliphatic carbocycles. The minimum atomic E-state index is 0.693. The summed E-state index contributed by atoms with van der Waals surface area (Å²) >= 11 is 1.63. The summed E-state index contributed by atoms with van der Waals surface area (Å²) in [6.07, 6.45) is 10.8. The molecule has 4 heteroatoms. The van der Waals surface area contributed by atoms with Crippen LogP contribution in [0, 0.1) is 0 Å². The molecule has 4 rings (SSSR count). The van der Waals surface area contributed by atoms with Crippen LogP contribution in [0.4, 0.5) is 0 Å².